The molecule has 6 heteroatoms. The molecule has 0 amide bonds. The second kappa shape index (κ2) is 7.99. The summed E-state index contributed by atoms with van der Waals surface area (Å²) in [6.07, 6.45) is 1.61. The van der Waals surface area contributed by atoms with Crippen LogP contribution in [0.1, 0.15) is 11.1 Å². The number of hydrogen-bond acceptors (Lipinski definition) is 4. The van der Waals surface area contributed by atoms with Crippen molar-refractivity contribution in [1.29, 1.82) is 0 Å². The van der Waals surface area contributed by atoms with Gasteiger partial charge in [-0.2, -0.15) is 5.10 Å². The molecule has 0 atom stereocenters. The molecule has 2 aromatic carbocycles. The van der Waals surface area contributed by atoms with Crippen molar-refractivity contribution in [3.8, 4) is 11.5 Å². The van der Waals surface area contributed by atoms with Gasteiger partial charge >= 0.3 is 0 Å². The van der Waals surface area contributed by atoms with Crippen LogP contribution in [-0.2, 0) is 6.61 Å². The summed E-state index contributed by atoms with van der Waals surface area (Å²) in [5.74, 6) is 1.52. The standard InChI is InChI=1S/C16H17N3O2S/c1-20-14-7-4-5-12(9-14)11-21-15-8-3-2-6-13(15)10-18-19-16(17)22/h2-10H,11H2,1H3,(H3,17,19,22)/b18-10+. The average Bonchev–Trinajstić information content (AvgIpc) is 2.54. The predicted octanol–water partition coefficient (Wildman–Crippen LogP) is 2.44. The number of nitrogens with one attached hydrogen (secondary N) is 1. The van der Waals surface area contributed by atoms with Gasteiger partial charge in [0.2, 0.25) is 0 Å². The van der Waals surface area contributed by atoms with Gasteiger partial charge in [0.25, 0.3) is 0 Å². The van der Waals surface area contributed by atoms with Gasteiger partial charge in [-0.05, 0) is 42.0 Å². The van der Waals surface area contributed by atoms with Crippen LogP contribution in [-0.4, -0.2) is 18.4 Å². The molecule has 5 nitrogen and oxygen atoms in total. The third-order valence-electron chi connectivity index (χ3n) is 2.83. The number of hydrazone groups is 1. The van der Waals surface area contributed by atoms with E-state index < -0.39 is 0 Å². The number of rotatable bonds is 6. The maximum Gasteiger partial charge on any atom is 0.184 e. The lowest BCUT2D eigenvalue weighted by Gasteiger charge is -2.10. The van der Waals surface area contributed by atoms with E-state index in [-0.39, 0.29) is 5.11 Å². The van der Waals surface area contributed by atoms with Crippen LogP contribution in [0.3, 0.4) is 0 Å². The average molecular weight is 315 g/mol. The molecule has 0 bridgehead atoms. The largest absolute Gasteiger partial charge is 0.497 e. The molecule has 0 unspecified atom stereocenters. The summed E-state index contributed by atoms with van der Waals surface area (Å²) in [6, 6.07) is 15.3. The molecule has 0 saturated heterocycles. The number of hydrogen-bond donors (Lipinski definition) is 2. The minimum atomic E-state index is 0.117. The highest BCUT2D eigenvalue weighted by atomic mass is 32.1. The molecule has 3 N–H and O–H groups in total. The Bertz CT molecular complexity index is 674. The van der Waals surface area contributed by atoms with Gasteiger partial charge in [-0.15, -0.1) is 0 Å². The fourth-order valence-corrected chi connectivity index (χ4v) is 1.86. The number of thiocarbonyl (C=S) groups is 1. The number of ether oxygens (including phenoxy) is 2. The Labute approximate surface area is 134 Å². The maximum absolute atomic E-state index is 5.84. The van der Waals surface area contributed by atoms with Crippen molar-refractivity contribution < 1.29 is 9.47 Å². The SMILES string of the molecule is COc1cccc(COc2ccccc2/C=N/NC(N)=S)c1. The van der Waals surface area contributed by atoms with Crippen LogP contribution in [0.2, 0.25) is 0 Å². The van der Waals surface area contributed by atoms with Crippen LogP contribution in [0.5, 0.6) is 11.5 Å². The van der Waals surface area contributed by atoms with Crippen LogP contribution in [0, 0.1) is 0 Å². The zero-order valence-corrected chi connectivity index (χ0v) is 13.0. The lowest BCUT2D eigenvalue weighted by Crippen LogP contribution is -2.24. The van der Waals surface area contributed by atoms with E-state index in [1.165, 1.54) is 0 Å². The highest BCUT2D eigenvalue weighted by Crippen LogP contribution is 2.19. The number of methoxy groups -OCH3 is 1. The number of para-hydroxylation sites is 1. The summed E-state index contributed by atoms with van der Waals surface area (Å²) in [6.45, 7) is 0.435. The minimum Gasteiger partial charge on any atom is -0.497 e. The van der Waals surface area contributed by atoms with E-state index in [2.05, 4.69) is 10.5 Å². The molecule has 0 fully saturated rings. The minimum absolute atomic E-state index is 0.117. The molecular weight excluding hydrogens is 298 g/mol. The fourth-order valence-electron chi connectivity index (χ4n) is 1.81. The first-order valence-electron chi connectivity index (χ1n) is 6.62. The molecule has 0 spiro atoms. The Hall–Kier alpha value is -2.60. The quantitative estimate of drug-likeness (QED) is 0.487. The Morgan fingerprint density at radius 2 is 2.09 bits per heavy atom. The van der Waals surface area contributed by atoms with E-state index in [1.54, 1.807) is 13.3 Å². The van der Waals surface area contributed by atoms with Gasteiger partial charge < -0.3 is 15.2 Å². The molecule has 22 heavy (non-hydrogen) atoms. The predicted molar refractivity (Wildman–Crippen MR) is 91.3 cm³/mol. The molecular formula is C16H17N3O2S. The summed E-state index contributed by atoms with van der Waals surface area (Å²) in [4.78, 5) is 0. The number of nitrogens with zero attached hydrogens (tertiary/aromatic N) is 1. The zero-order chi connectivity index (χ0) is 15.8. The van der Waals surface area contributed by atoms with Crippen molar-refractivity contribution in [2.24, 2.45) is 10.8 Å². The van der Waals surface area contributed by atoms with E-state index in [4.69, 9.17) is 27.4 Å². The van der Waals surface area contributed by atoms with Gasteiger partial charge in [-0.25, -0.2) is 0 Å². The zero-order valence-electron chi connectivity index (χ0n) is 12.2. The van der Waals surface area contributed by atoms with Crippen LogP contribution in [0.25, 0.3) is 0 Å². The highest BCUT2D eigenvalue weighted by molar-refractivity contribution is 7.80. The van der Waals surface area contributed by atoms with E-state index >= 15 is 0 Å². The van der Waals surface area contributed by atoms with E-state index in [0.29, 0.717) is 6.61 Å². The molecule has 0 radical (unpaired) electrons. The summed E-state index contributed by atoms with van der Waals surface area (Å²) in [5, 5.41) is 4.06. The van der Waals surface area contributed by atoms with Crippen molar-refractivity contribution in [3.63, 3.8) is 0 Å². The summed E-state index contributed by atoms with van der Waals surface area (Å²) in [7, 11) is 1.64. The maximum atomic E-state index is 5.84. The van der Waals surface area contributed by atoms with Crippen molar-refractivity contribution in [2.75, 3.05) is 7.11 Å². The molecule has 2 rings (SSSR count). The normalized spacial score (nSPS) is 10.4. The van der Waals surface area contributed by atoms with Gasteiger partial charge in [-0.1, -0.05) is 24.3 Å². The summed E-state index contributed by atoms with van der Waals surface area (Å²) >= 11 is 4.69. The molecule has 114 valence electrons. The topological polar surface area (TPSA) is 68.9 Å². The van der Waals surface area contributed by atoms with Gasteiger partial charge in [0.1, 0.15) is 18.1 Å². The summed E-state index contributed by atoms with van der Waals surface area (Å²) in [5.41, 5.74) is 9.69. The fraction of sp³-hybridized carbons (Fsp3) is 0.125. The van der Waals surface area contributed by atoms with Crippen molar-refractivity contribution in [3.05, 3.63) is 59.7 Å². The van der Waals surface area contributed by atoms with Gasteiger partial charge in [0, 0.05) is 5.56 Å². The highest BCUT2D eigenvalue weighted by Gasteiger charge is 2.02. The van der Waals surface area contributed by atoms with Crippen molar-refractivity contribution in [1.82, 2.24) is 5.43 Å². The Kier molecular flexibility index (Phi) is 5.73. The monoisotopic (exact) mass is 315 g/mol. The van der Waals surface area contributed by atoms with Crippen LogP contribution >= 0.6 is 12.2 Å². The molecule has 0 heterocycles. The Balaban J connectivity index is 2.06. The molecule has 0 aliphatic carbocycles. The lowest BCUT2D eigenvalue weighted by atomic mass is 10.2. The molecule has 2 aromatic rings. The third kappa shape index (κ3) is 4.75. The third-order valence-corrected chi connectivity index (χ3v) is 2.92. The van der Waals surface area contributed by atoms with Crippen LogP contribution in [0.15, 0.2) is 53.6 Å². The lowest BCUT2D eigenvalue weighted by molar-refractivity contribution is 0.305. The first kappa shape index (κ1) is 15.8. The molecule has 0 aromatic heterocycles. The number of benzene rings is 2. The molecule has 0 aliphatic heterocycles. The van der Waals surface area contributed by atoms with E-state index in [9.17, 15) is 0 Å². The van der Waals surface area contributed by atoms with Gasteiger partial charge in [0.05, 0.1) is 13.3 Å². The van der Waals surface area contributed by atoms with Gasteiger partial charge in [0.15, 0.2) is 5.11 Å². The first-order valence-corrected chi connectivity index (χ1v) is 7.03. The number of nitrogens with two attached hydrogens (primary N) is 1. The van der Waals surface area contributed by atoms with Crippen LogP contribution in [0.4, 0.5) is 0 Å². The second-order valence-corrected chi connectivity index (χ2v) is 4.85. The second-order valence-electron chi connectivity index (χ2n) is 4.41. The Morgan fingerprint density at radius 3 is 2.86 bits per heavy atom. The van der Waals surface area contributed by atoms with Gasteiger partial charge in [-0.3, -0.25) is 5.43 Å². The van der Waals surface area contributed by atoms with Crippen LogP contribution < -0.4 is 20.6 Å². The first-order chi connectivity index (χ1) is 10.7. The Morgan fingerprint density at radius 1 is 1.27 bits per heavy atom. The summed E-state index contributed by atoms with van der Waals surface area (Å²) < 4.78 is 11.0. The van der Waals surface area contributed by atoms with E-state index in [0.717, 1.165) is 22.6 Å². The smallest absolute Gasteiger partial charge is 0.184 e. The van der Waals surface area contributed by atoms with Crippen molar-refractivity contribution in [2.45, 2.75) is 6.61 Å². The van der Waals surface area contributed by atoms with Crippen molar-refractivity contribution >= 4 is 23.5 Å². The molecule has 0 aliphatic rings. The van der Waals surface area contributed by atoms with E-state index in [1.807, 2.05) is 48.5 Å². The molecule has 0 saturated carbocycles.